The number of nitriles is 1. The zero-order valence-corrected chi connectivity index (χ0v) is 13.1. The Kier molecular flexibility index (Phi) is 3.07. The molecule has 114 valence electrons. The van der Waals surface area contributed by atoms with E-state index < -0.39 is 5.41 Å². The maximum Gasteiger partial charge on any atom is 0.323 e. The lowest BCUT2D eigenvalue weighted by molar-refractivity contribution is 0.325. The Morgan fingerprint density at radius 1 is 1.13 bits per heavy atom. The fourth-order valence-electron chi connectivity index (χ4n) is 3.38. The molecule has 1 aromatic heterocycles. The van der Waals surface area contributed by atoms with Gasteiger partial charge in [0.15, 0.2) is 0 Å². The van der Waals surface area contributed by atoms with E-state index >= 15 is 0 Å². The Bertz CT molecular complexity index is 1010. The molecule has 1 heterocycles. The van der Waals surface area contributed by atoms with Gasteiger partial charge in [0.25, 0.3) is 0 Å². The van der Waals surface area contributed by atoms with Crippen molar-refractivity contribution in [3.8, 4) is 17.2 Å². The van der Waals surface area contributed by atoms with E-state index in [4.69, 9.17) is 11.6 Å². The molecule has 23 heavy (non-hydrogen) atoms. The minimum Gasteiger partial charge on any atom is -0.306 e. The molecule has 1 aliphatic carbocycles. The van der Waals surface area contributed by atoms with E-state index in [0.29, 0.717) is 5.02 Å². The van der Waals surface area contributed by atoms with Crippen LogP contribution in [0.2, 0.25) is 5.02 Å². The van der Waals surface area contributed by atoms with Crippen LogP contribution in [-0.4, -0.2) is 9.97 Å². The zero-order valence-electron chi connectivity index (χ0n) is 12.3. The molecule has 1 saturated carbocycles. The highest BCUT2D eigenvalue weighted by atomic mass is 35.5. The third-order valence-electron chi connectivity index (χ3n) is 4.75. The van der Waals surface area contributed by atoms with Crippen molar-refractivity contribution in [1.82, 2.24) is 9.97 Å². The van der Waals surface area contributed by atoms with E-state index in [2.05, 4.69) is 16.0 Å². The van der Waals surface area contributed by atoms with E-state index in [1.807, 2.05) is 36.4 Å². The van der Waals surface area contributed by atoms with Gasteiger partial charge in [-0.2, -0.15) is 5.26 Å². The summed E-state index contributed by atoms with van der Waals surface area (Å²) in [6.45, 7) is 0. The smallest absolute Gasteiger partial charge is 0.306 e. The van der Waals surface area contributed by atoms with Gasteiger partial charge in [0.2, 0.25) is 0 Å². The summed E-state index contributed by atoms with van der Waals surface area (Å²) in [5, 5.41) is 10.3. The summed E-state index contributed by atoms with van der Waals surface area (Å²) in [7, 11) is 0. The van der Waals surface area contributed by atoms with Crippen LogP contribution in [0.15, 0.2) is 41.2 Å². The molecule has 0 aliphatic heterocycles. The van der Waals surface area contributed by atoms with Crippen LogP contribution in [0.3, 0.4) is 0 Å². The number of nitrogens with one attached hydrogen (secondary N) is 2. The first-order valence-electron chi connectivity index (χ1n) is 7.56. The quantitative estimate of drug-likeness (QED) is 0.744. The second-order valence-electron chi connectivity index (χ2n) is 6.05. The lowest BCUT2D eigenvalue weighted by atomic mass is 9.64. The molecule has 0 bridgehead atoms. The number of imidazole rings is 1. The van der Waals surface area contributed by atoms with Gasteiger partial charge in [0.1, 0.15) is 0 Å². The maximum absolute atomic E-state index is 11.5. The molecule has 0 atom stereocenters. The van der Waals surface area contributed by atoms with Crippen LogP contribution in [0.25, 0.3) is 22.2 Å². The van der Waals surface area contributed by atoms with E-state index in [0.717, 1.165) is 47.0 Å². The Hall–Kier alpha value is -2.51. The van der Waals surface area contributed by atoms with Crippen molar-refractivity contribution in [1.29, 1.82) is 5.26 Å². The minimum atomic E-state index is -0.444. The zero-order chi connectivity index (χ0) is 16.0. The van der Waals surface area contributed by atoms with Crippen molar-refractivity contribution in [3.63, 3.8) is 0 Å². The fourth-order valence-corrected chi connectivity index (χ4v) is 3.66. The number of fused-ring (bicyclic) bond motifs is 1. The van der Waals surface area contributed by atoms with E-state index in [1.165, 1.54) is 0 Å². The first kappa shape index (κ1) is 14.1. The number of nitrogens with zero attached hydrogens (tertiary/aromatic N) is 1. The monoisotopic (exact) mass is 323 g/mol. The van der Waals surface area contributed by atoms with Crippen molar-refractivity contribution in [2.45, 2.75) is 24.7 Å². The van der Waals surface area contributed by atoms with Crippen molar-refractivity contribution in [3.05, 3.63) is 57.5 Å². The Morgan fingerprint density at radius 3 is 2.61 bits per heavy atom. The number of aromatic nitrogens is 2. The molecule has 0 unspecified atom stereocenters. The number of rotatable bonds is 2. The van der Waals surface area contributed by atoms with Gasteiger partial charge in [-0.15, -0.1) is 0 Å². The van der Waals surface area contributed by atoms with Crippen LogP contribution >= 0.6 is 11.6 Å². The molecule has 1 fully saturated rings. The fraction of sp³-hybridized carbons (Fsp3) is 0.222. The SMILES string of the molecule is N#CC1(c2cccc(Cl)c2-c2ccc3[nH]c(=O)[nH]c3c2)CCC1. The second kappa shape index (κ2) is 5.00. The van der Waals surface area contributed by atoms with Crippen molar-refractivity contribution in [2.75, 3.05) is 0 Å². The molecule has 4 rings (SSSR count). The molecular weight excluding hydrogens is 310 g/mol. The van der Waals surface area contributed by atoms with Crippen LogP contribution in [-0.2, 0) is 5.41 Å². The maximum atomic E-state index is 11.5. The number of benzene rings is 2. The number of aromatic amines is 2. The highest BCUT2D eigenvalue weighted by molar-refractivity contribution is 6.33. The molecular formula is C18H14ClN3O. The predicted molar refractivity (Wildman–Crippen MR) is 90.5 cm³/mol. The predicted octanol–water partition coefficient (Wildman–Crippen LogP) is 4.12. The number of halogens is 1. The van der Waals surface area contributed by atoms with Crippen LogP contribution in [0, 0.1) is 11.3 Å². The van der Waals surface area contributed by atoms with Crippen LogP contribution in [0.5, 0.6) is 0 Å². The van der Waals surface area contributed by atoms with Crippen LogP contribution in [0.4, 0.5) is 0 Å². The van der Waals surface area contributed by atoms with Crippen molar-refractivity contribution in [2.24, 2.45) is 0 Å². The van der Waals surface area contributed by atoms with Gasteiger partial charge < -0.3 is 9.97 Å². The van der Waals surface area contributed by atoms with Gasteiger partial charge in [-0.3, -0.25) is 0 Å². The molecule has 4 nitrogen and oxygen atoms in total. The third kappa shape index (κ3) is 2.08. The Balaban J connectivity index is 1.97. The summed E-state index contributed by atoms with van der Waals surface area (Å²) in [6, 6.07) is 13.9. The standard InChI is InChI=1S/C18H14ClN3O/c19-13-4-1-3-12(18(10-20)7-2-8-18)16(13)11-5-6-14-15(9-11)22-17(23)21-14/h1,3-6,9H,2,7-8H2,(H2,21,22,23). The lowest BCUT2D eigenvalue weighted by Crippen LogP contribution is -2.33. The van der Waals surface area contributed by atoms with Gasteiger partial charge in [-0.05, 0) is 48.6 Å². The molecule has 0 saturated heterocycles. The second-order valence-corrected chi connectivity index (χ2v) is 6.46. The lowest BCUT2D eigenvalue weighted by Gasteiger charge is -2.37. The van der Waals surface area contributed by atoms with E-state index in [1.54, 1.807) is 0 Å². The van der Waals surface area contributed by atoms with Gasteiger partial charge in [-0.25, -0.2) is 4.79 Å². The molecule has 5 heteroatoms. The van der Waals surface area contributed by atoms with Crippen molar-refractivity contribution >= 4 is 22.6 Å². The van der Waals surface area contributed by atoms with E-state index in [9.17, 15) is 10.1 Å². The average molecular weight is 324 g/mol. The summed E-state index contributed by atoms with van der Waals surface area (Å²) >= 11 is 6.48. The number of H-pyrrole nitrogens is 2. The first-order valence-corrected chi connectivity index (χ1v) is 7.93. The molecule has 1 aliphatic rings. The topological polar surface area (TPSA) is 72.4 Å². The Labute approximate surface area is 137 Å². The summed E-state index contributed by atoms with van der Waals surface area (Å²) < 4.78 is 0. The van der Waals surface area contributed by atoms with Gasteiger partial charge >= 0.3 is 5.69 Å². The van der Waals surface area contributed by atoms with Gasteiger partial charge in [0.05, 0.1) is 22.5 Å². The molecule has 0 radical (unpaired) electrons. The largest absolute Gasteiger partial charge is 0.323 e. The summed E-state index contributed by atoms with van der Waals surface area (Å²) in [4.78, 5) is 17.0. The highest BCUT2D eigenvalue weighted by Crippen LogP contribution is 2.48. The molecule has 2 aromatic carbocycles. The molecule has 3 aromatic rings. The van der Waals surface area contributed by atoms with Gasteiger partial charge in [-0.1, -0.05) is 29.8 Å². The van der Waals surface area contributed by atoms with Gasteiger partial charge in [0, 0.05) is 10.6 Å². The first-order chi connectivity index (χ1) is 11.1. The third-order valence-corrected chi connectivity index (χ3v) is 5.07. The molecule has 0 spiro atoms. The van der Waals surface area contributed by atoms with Crippen LogP contribution < -0.4 is 5.69 Å². The molecule has 2 N–H and O–H groups in total. The van der Waals surface area contributed by atoms with Crippen molar-refractivity contribution < 1.29 is 0 Å². The molecule has 0 amide bonds. The van der Waals surface area contributed by atoms with E-state index in [-0.39, 0.29) is 5.69 Å². The average Bonchev–Trinajstić information content (AvgIpc) is 2.86. The summed E-state index contributed by atoms with van der Waals surface area (Å²) in [5.41, 5.74) is 3.60. The summed E-state index contributed by atoms with van der Waals surface area (Å²) in [6.07, 6.45) is 2.78. The number of hydrogen-bond donors (Lipinski definition) is 2. The van der Waals surface area contributed by atoms with Crippen LogP contribution in [0.1, 0.15) is 24.8 Å². The summed E-state index contributed by atoms with van der Waals surface area (Å²) in [5.74, 6) is 0. The number of hydrogen-bond acceptors (Lipinski definition) is 2. The normalized spacial score (nSPS) is 16.0. The minimum absolute atomic E-state index is 0.232. The highest BCUT2D eigenvalue weighted by Gasteiger charge is 2.41. The Morgan fingerprint density at radius 2 is 1.91 bits per heavy atom.